The Hall–Kier alpha value is -0.320. The molecule has 106 valence electrons. The van der Waals surface area contributed by atoms with Crippen LogP contribution in [0.1, 0.15) is 32.1 Å². The largest absolute Gasteiger partial charge is 0.384 e. The molecule has 2 fully saturated rings. The zero-order valence-electron chi connectivity index (χ0n) is 11.2. The first-order valence-corrected chi connectivity index (χ1v) is 6.82. The standard InChI is InChI=1S/C13H24N2O2.ClH/c1-17-10-11-5-4-8-15(9-11)13(16)12-6-2-3-7-14-12;/h11-12,14H,2-10H2,1H3;1H. The second-order valence-electron chi connectivity index (χ2n) is 5.25. The van der Waals surface area contributed by atoms with E-state index >= 15 is 0 Å². The number of likely N-dealkylation sites (tertiary alicyclic amines) is 1. The molecule has 2 aliphatic heterocycles. The van der Waals surface area contributed by atoms with E-state index in [0.717, 1.165) is 39.1 Å². The Labute approximate surface area is 116 Å². The number of methoxy groups -OCH3 is 1. The number of piperidine rings is 2. The molecular weight excluding hydrogens is 252 g/mol. The summed E-state index contributed by atoms with van der Waals surface area (Å²) in [6.45, 7) is 3.58. The van der Waals surface area contributed by atoms with Crippen LogP contribution in [0.3, 0.4) is 0 Å². The molecule has 0 saturated carbocycles. The van der Waals surface area contributed by atoms with Crippen LogP contribution in [0.5, 0.6) is 0 Å². The number of hydrogen-bond acceptors (Lipinski definition) is 3. The predicted molar refractivity (Wildman–Crippen MR) is 74.1 cm³/mol. The van der Waals surface area contributed by atoms with Gasteiger partial charge in [-0.2, -0.15) is 0 Å². The predicted octanol–water partition coefficient (Wildman–Crippen LogP) is 1.44. The summed E-state index contributed by atoms with van der Waals surface area (Å²) >= 11 is 0. The summed E-state index contributed by atoms with van der Waals surface area (Å²) < 4.78 is 5.20. The highest BCUT2D eigenvalue weighted by Gasteiger charge is 2.29. The van der Waals surface area contributed by atoms with Crippen LogP contribution < -0.4 is 5.32 Å². The van der Waals surface area contributed by atoms with Gasteiger partial charge in [-0.05, 0) is 38.1 Å². The van der Waals surface area contributed by atoms with Crippen molar-refractivity contribution in [3.05, 3.63) is 0 Å². The summed E-state index contributed by atoms with van der Waals surface area (Å²) in [6.07, 6.45) is 5.70. The lowest BCUT2D eigenvalue weighted by molar-refractivity contribution is -0.136. The van der Waals surface area contributed by atoms with Gasteiger partial charge in [-0.15, -0.1) is 12.4 Å². The number of rotatable bonds is 3. The third-order valence-corrected chi connectivity index (χ3v) is 3.84. The molecule has 0 spiro atoms. The molecule has 18 heavy (non-hydrogen) atoms. The average molecular weight is 277 g/mol. The van der Waals surface area contributed by atoms with Crippen molar-refractivity contribution in [2.24, 2.45) is 5.92 Å². The minimum atomic E-state index is 0. The van der Waals surface area contributed by atoms with Crippen molar-refractivity contribution in [2.75, 3.05) is 33.4 Å². The van der Waals surface area contributed by atoms with Gasteiger partial charge < -0.3 is 15.0 Å². The van der Waals surface area contributed by atoms with E-state index in [1.165, 1.54) is 19.3 Å². The number of nitrogens with zero attached hydrogens (tertiary/aromatic N) is 1. The number of amides is 1. The maximum absolute atomic E-state index is 12.3. The molecule has 0 aromatic carbocycles. The lowest BCUT2D eigenvalue weighted by Gasteiger charge is -2.35. The van der Waals surface area contributed by atoms with Crippen LogP contribution in [0.15, 0.2) is 0 Å². The molecule has 2 heterocycles. The van der Waals surface area contributed by atoms with Crippen molar-refractivity contribution >= 4 is 18.3 Å². The van der Waals surface area contributed by atoms with E-state index in [2.05, 4.69) is 5.32 Å². The molecule has 5 heteroatoms. The first-order chi connectivity index (χ1) is 8.31. The molecule has 0 aromatic rings. The zero-order valence-corrected chi connectivity index (χ0v) is 12.0. The highest BCUT2D eigenvalue weighted by Crippen LogP contribution is 2.19. The van der Waals surface area contributed by atoms with Gasteiger partial charge in [-0.3, -0.25) is 4.79 Å². The molecule has 2 unspecified atom stereocenters. The van der Waals surface area contributed by atoms with Crippen LogP contribution >= 0.6 is 12.4 Å². The lowest BCUT2D eigenvalue weighted by atomic mass is 9.97. The topological polar surface area (TPSA) is 41.6 Å². The van der Waals surface area contributed by atoms with Gasteiger partial charge in [0.25, 0.3) is 0 Å². The highest BCUT2D eigenvalue weighted by molar-refractivity contribution is 5.85. The minimum absolute atomic E-state index is 0. The Balaban J connectivity index is 0.00000162. The van der Waals surface area contributed by atoms with Gasteiger partial charge in [0.2, 0.25) is 5.91 Å². The molecule has 2 rings (SSSR count). The summed E-state index contributed by atoms with van der Waals surface area (Å²) in [6, 6.07) is 0.0741. The Morgan fingerprint density at radius 1 is 1.33 bits per heavy atom. The number of carbonyl (C=O) groups is 1. The van der Waals surface area contributed by atoms with Crippen LogP contribution in [-0.4, -0.2) is 50.2 Å². The number of ether oxygens (including phenoxy) is 1. The van der Waals surface area contributed by atoms with Gasteiger partial charge in [0, 0.05) is 20.2 Å². The smallest absolute Gasteiger partial charge is 0.239 e. The Bertz CT molecular complexity index is 255. The molecule has 0 bridgehead atoms. The molecule has 0 radical (unpaired) electrons. The number of carbonyl (C=O) groups excluding carboxylic acids is 1. The number of nitrogens with one attached hydrogen (secondary N) is 1. The summed E-state index contributed by atoms with van der Waals surface area (Å²) in [5.74, 6) is 0.840. The molecule has 1 N–H and O–H groups in total. The fraction of sp³-hybridized carbons (Fsp3) is 0.923. The average Bonchev–Trinajstić information content (AvgIpc) is 2.40. The molecular formula is C13H25ClN2O2. The monoisotopic (exact) mass is 276 g/mol. The van der Waals surface area contributed by atoms with E-state index in [1.807, 2.05) is 4.90 Å². The SMILES string of the molecule is COCC1CCCN(C(=O)C2CCCCN2)C1.Cl. The summed E-state index contributed by atoms with van der Waals surface area (Å²) in [5.41, 5.74) is 0. The zero-order chi connectivity index (χ0) is 12.1. The fourth-order valence-corrected chi connectivity index (χ4v) is 2.92. The first-order valence-electron chi connectivity index (χ1n) is 6.82. The number of halogens is 1. The molecule has 2 aliphatic rings. The van der Waals surface area contributed by atoms with Gasteiger partial charge in [0.15, 0.2) is 0 Å². The molecule has 0 aromatic heterocycles. The van der Waals surface area contributed by atoms with Crippen molar-refractivity contribution in [1.82, 2.24) is 10.2 Å². The highest BCUT2D eigenvalue weighted by atomic mass is 35.5. The van der Waals surface area contributed by atoms with Crippen molar-refractivity contribution in [2.45, 2.75) is 38.1 Å². The van der Waals surface area contributed by atoms with Crippen LogP contribution in [0, 0.1) is 5.92 Å². The second-order valence-corrected chi connectivity index (χ2v) is 5.25. The van der Waals surface area contributed by atoms with E-state index in [0.29, 0.717) is 11.8 Å². The molecule has 4 nitrogen and oxygen atoms in total. The third-order valence-electron chi connectivity index (χ3n) is 3.84. The van der Waals surface area contributed by atoms with E-state index in [4.69, 9.17) is 4.74 Å². The first kappa shape index (κ1) is 15.7. The minimum Gasteiger partial charge on any atom is -0.384 e. The molecule has 2 saturated heterocycles. The van der Waals surface area contributed by atoms with Gasteiger partial charge >= 0.3 is 0 Å². The summed E-state index contributed by atoms with van der Waals surface area (Å²) in [7, 11) is 1.74. The van der Waals surface area contributed by atoms with Crippen molar-refractivity contribution in [3.63, 3.8) is 0 Å². The van der Waals surface area contributed by atoms with Crippen molar-refractivity contribution in [3.8, 4) is 0 Å². The fourth-order valence-electron chi connectivity index (χ4n) is 2.92. The molecule has 1 amide bonds. The lowest BCUT2D eigenvalue weighted by Crippen LogP contribution is -2.51. The molecule has 2 atom stereocenters. The van der Waals surface area contributed by atoms with E-state index in [1.54, 1.807) is 7.11 Å². The number of hydrogen-bond donors (Lipinski definition) is 1. The molecule has 0 aliphatic carbocycles. The normalized spacial score (nSPS) is 28.6. The maximum Gasteiger partial charge on any atom is 0.239 e. The Kier molecular flexibility index (Phi) is 6.97. The van der Waals surface area contributed by atoms with Gasteiger partial charge in [-0.25, -0.2) is 0 Å². The van der Waals surface area contributed by atoms with Crippen LogP contribution in [0.4, 0.5) is 0 Å². The van der Waals surface area contributed by atoms with Gasteiger partial charge in [0.05, 0.1) is 12.6 Å². The van der Waals surface area contributed by atoms with Crippen molar-refractivity contribution < 1.29 is 9.53 Å². The van der Waals surface area contributed by atoms with Gasteiger partial charge in [-0.1, -0.05) is 6.42 Å². The Morgan fingerprint density at radius 2 is 2.17 bits per heavy atom. The second kappa shape index (κ2) is 7.97. The van der Waals surface area contributed by atoms with Crippen LogP contribution in [0.2, 0.25) is 0 Å². The van der Waals surface area contributed by atoms with Crippen molar-refractivity contribution in [1.29, 1.82) is 0 Å². The summed E-state index contributed by atoms with van der Waals surface area (Å²) in [4.78, 5) is 14.4. The van der Waals surface area contributed by atoms with Gasteiger partial charge in [0.1, 0.15) is 0 Å². The van der Waals surface area contributed by atoms with E-state index in [9.17, 15) is 4.79 Å². The third kappa shape index (κ3) is 4.11. The summed E-state index contributed by atoms with van der Waals surface area (Å²) in [5, 5.41) is 3.34. The van der Waals surface area contributed by atoms with E-state index < -0.39 is 0 Å². The van der Waals surface area contributed by atoms with Crippen LogP contribution in [-0.2, 0) is 9.53 Å². The van der Waals surface area contributed by atoms with E-state index in [-0.39, 0.29) is 18.4 Å². The maximum atomic E-state index is 12.3. The Morgan fingerprint density at radius 3 is 2.83 bits per heavy atom. The van der Waals surface area contributed by atoms with Crippen LogP contribution in [0.25, 0.3) is 0 Å². The quantitative estimate of drug-likeness (QED) is 0.848.